The topological polar surface area (TPSA) is 60.0 Å². The van der Waals surface area contributed by atoms with Gasteiger partial charge in [-0.25, -0.2) is 0 Å². The number of benzene rings is 1. The van der Waals surface area contributed by atoms with Crippen LogP contribution in [0, 0.1) is 0 Å². The van der Waals surface area contributed by atoms with Crippen LogP contribution in [0.1, 0.15) is 24.2 Å². The molecule has 1 atom stereocenters. The maximum absolute atomic E-state index is 12.3. The molecule has 0 saturated heterocycles. The quantitative estimate of drug-likeness (QED) is 0.782. The molecule has 7 heteroatoms. The summed E-state index contributed by atoms with van der Waals surface area (Å²) in [5.41, 5.74) is 0.790. The van der Waals surface area contributed by atoms with Crippen LogP contribution in [-0.2, 0) is 4.74 Å². The SMILES string of the molecule is COc1cc(OC)c2c(c1)N(CCOC(C)C)C(S)NC2=O. The van der Waals surface area contributed by atoms with Crippen molar-refractivity contribution in [2.45, 2.75) is 25.4 Å². The van der Waals surface area contributed by atoms with Crippen molar-refractivity contribution in [3.8, 4) is 11.5 Å². The molecule has 2 rings (SSSR count). The maximum atomic E-state index is 12.3. The number of ether oxygens (including phenoxy) is 3. The number of methoxy groups -OCH3 is 2. The Morgan fingerprint density at radius 1 is 1.32 bits per heavy atom. The van der Waals surface area contributed by atoms with E-state index in [0.717, 1.165) is 5.69 Å². The van der Waals surface area contributed by atoms with Gasteiger partial charge < -0.3 is 24.4 Å². The van der Waals surface area contributed by atoms with Crippen LogP contribution in [0.3, 0.4) is 0 Å². The van der Waals surface area contributed by atoms with Crippen LogP contribution in [0.25, 0.3) is 0 Å². The smallest absolute Gasteiger partial charge is 0.259 e. The van der Waals surface area contributed by atoms with Gasteiger partial charge in [0.2, 0.25) is 0 Å². The number of carbonyl (C=O) groups excluding carboxylic acids is 1. The van der Waals surface area contributed by atoms with Gasteiger partial charge in [0.05, 0.1) is 32.6 Å². The predicted octanol–water partition coefficient (Wildman–Crippen LogP) is 1.89. The van der Waals surface area contributed by atoms with E-state index in [0.29, 0.717) is 30.2 Å². The van der Waals surface area contributed by atoms with Crippen molar-refractivity contribution in [1.29, 1.82) is 0 Å². The van der Waals surface area contributed by atoms with Crippen LogP contribution < -0.4 is 19.7 Å². The normalized spacial score (nSPS) is 17.3. The van der Waals surface area contributed by atoms with E-state index in [4.69, 9.17) is 14.2 Å². The van der Waals surface area contributed by atoms with E-state index in [1.54, 1.807) is 13.2 Å². The van der Waals surface area contributed by atoms with Crippen LogP contribution in [0.15, 0.2) is 12.1 Å². The fourth-order valence-electron chi connectivity index (χ4n) is 2.34. The highest BCUT2D eigenvalue weighted by Crippen LogP contribution is 2.38. The molecule has 1 amide bonds. The van der Waals surface area contributed by atoms with Gasteiger partial charge in [-0.3, -0.25) is 4.79 Å². The van der Waals surface area contributed by atoms with Gasteiger partial charge in [-0.1, -0.05) is 0 Å². The zero-order valence-electron chi connectivity index (χ0n) is 13.3. The second-order valence-electron chi connectivity index (χ2n) is 5.18. The van der Waals surface area contributed by atoms with Gasteiger partial charge in [0, 0.05) is 18.7 Å². The lowest BCUT2D eigenvalue weighted by Gasteiger charge is -2.37. The van der Waals surface area contributed by atoms with Crippen molar-refractivity contribution < 1.29 is 19.0 Å². The monoisotopic (exact) mass is 326 g/mol. The summed E-state index contributed by atoms with van der Waals surface area (Å²) in [6.07, 6.45) is 0.150. The molecule has 0 aliphatic carbocycles. The Morgan fingerprint density at radius 3 is 2.64 bits per heavy atom. The van der Waals surface area contributed by atoms with Gasteiger partial charge in [0.1, 0.15) is 22.6 Å². The third-order valence-electron chi connectivity index (χ3n) is 3.39. The number of hydrogen-bond acceptors (Lipinski definition) is 6. The molecule has 1 unspecified atom stereocenters. The van der Waals surface area contributed by atoms with E-state index >= 15 is 0 Å². The van der Waals surface area contributed by atoms with Crippen molar-refractivity contribution in [3.63, 3.8) is 0 Å². The first-order valence-electron chi connectivity index (χ1n) is 7.11. The standard InChI is InChI=1S/C15H22N2O4S/c1-9(2)21-6-5-17-11-7-10(19-3)8-12(20-4)13(11)14(18)16-15(17)22/h7-9,15,22H,5-6H2,1-4H3,(H,16,18). The van der Waals surface area contributed by atoms with Crippen LogP contribution >= 0.6 is 12.6 Å². The highest BCUT2D eigenvalue weighted by molar-refractivity contribution is 7.81. The molecular formula is C15H22N2O4S. The predicted molar refractivity (Wildman–Crippen MR) is 88.2 cm³/mol. The molecule has 22 heavy (non-hydrogen) atoms. The number of amides is 1. The van der Waals surface area contributed by atoms with Gasteiger partial charge in [-0.15, -0.1) is 12.6 Å². The summed E-state index contributed by atoms with van der Waals surface area (Å²) in [7, 11) is 3.11. The molecule has 1 N–H and O–H groups in total. The number of hydrogen-bond donors (Lipinski definition) is 2. The second kappa shape index (κ2) is 7.11. The Kier molecular flexibility index (Phi) is 5.42. The third kappa shape index (κ3) is 3.41. The lowest BCUT2D eigenvalue weighted by Crippen LogP contribution is -2.51. The molecule has 1 heterocycles. The first-order chi connectivity index (χ1) is 10.5. The van der Waals surface area contributed by atoms with Crippen molar-refractivity contribution in [2.24, 2.45) is 0 Å². The molecule has 122 valence electrons. The summed E-state index contributed by atoms with van der Waals surface area (Å²) in [5.74, 6) is 0.887. The molecule has 1 aliphatic rings. The van der Waals surface area contributed by atoms with Crippen LogP contribution in [0.4, 0.5) is 5.69 Å². The van der Waals surface area contributed by atoms with Crippen LogP contribution in [0.5, 0.6) is 11.5 Å². The lowest BCUT2D eigenvalue weighted by molar-refractivity contribution is 0.0817. The largest absolute Gasteiger partial charge is 0.497 e. The third-order valence-corrected chi connectivity index (χ3v) is 3.79. The molecule has 0 spiro atoms. The van der Waals surface area contributed by atoms with Gasteiger partial charge in [0.25, 0.3) is 5.91 Å². The Balaban J connectivity index is 2.37. The zero-order valence-corrected chi connectivity index (χ0v) is 14.1. The second-order valence-corrected chi connectivity index (χ2v) is 5.67. The lowest BCUT2D eigenvalue weighted by atomic mass is 10.1. The van der Waals surface area contributed by atoms with Crippen molar-refractivity contribution in [1.82, 2.24) is 5.32 Å². The highest BCUT2D eigenvalue weighted by atomic mass is 32.1. The van der Waals surface area contributed by atoms with Crippen molar-refractivity contribution >= 4 is 24.2 Å². The Morgan fingerprint density at radius 2 is 2.05 bits per heavy atom. The molecule has 6 nitrogen and oxygen atoms in total. The van der Waals surface area contributed by atoms with E-state index < -0.39 is 5.50 Å². The Bertz CT molecular complexity index is 551. The number of rotatable bonds is 6. The summed E-state index contributed by atoms with van der Waals surface area (Å²) in [6, 6.07) is 3.51. The van der Waals surface area contributed by atoms with E-state index in [1.165, 1.54) is 7.11 Å². The van der Waals surface area contributed by atoms with Crippen LogP contribution in [0.2, 0.25) is 0 Å². The summed E-state index contributed by atoms with van der Waals surface area (Å²) < 4.78 is 16.2. The fraction of sp³-hybridized carbons (Fsp3) is 0.533. The van der Waals surface area contributed by atoms with Gasteiger partial charge in [-0.2, -0.15) is 0 Å². The minimum atomic E-state index is -0.424. The average Bonchev–Trinajstić information content (AvgIpc) is 2.48. The van der Waals surface area contributed by atoms with Crippen molar-refractivity contribution in [3.05, 3.63) is 17.7 Å². The molecule has 0 aromatic heterocycles. The highest BCUT2D eigenvalue weighted by Gasteiger charge is 2.32. The number of anilines is 1. The average molecular weight is 326 g/mol. The van der Waals surface area contributed by atoms with E-state index in [9.17, 15) is 4.79 Å². The molecule has 1 aromatic carbocycles. The van der Waals surface area contributed by atoms with E-state index in [1.807, 2.05) is 24.8 Å². The summed E-state index contributed by atoms with van der Waals surface area (Å²) in [6.45, 7) is 5.09. The summed E-state index contributed by atoms with van der Waals surface area (Å²) >= 11 is 4.45. The number of fused-ring (bicyclic) bond motifs is 1. The van der Waals surface area contributed by atoms with E-state index in [2.05, 4.69) is 17.9 Å². The zero-order chi connectivity index (χ0) is 16.3. The molecular weight excluding hydrogens is 304 g/mol. The maximum Gasteiger partial charge on any atom is 0.259 e. The Hall–Kier alpha value is -1.60. The summed E-state index contributed by atoms with van der Waals surface area (Å²) in [5, 5.41) is 2.81. The first kappa shape index (κ1) is 16.8. The minimum absolute atomic E-state index is 0.150. The van der Waals surface area contributed by atoms with Gasteiger partial charge in [0.15, 0.2) is 0 Å². The molecule has 0 radical (unpaired) electrons. The number of nitrogens with one attached hydrogen (secondary N) is 1. The van der Waals surface area contributed by atoms with Crippen molar-refractivity contribution in [2.75, 3.05) is 32.3 Å². The summed E-state index contributed by atoms with van der Waals surface area (Å²) in [4.78, 5) is 14.2. The fourth-order valence-corrected chi connectivity index (χ4v) is 2.70. The molecule has 0 saturated carbocycles. The number of nitrogens with zero attached hydrogens (tertiary/aromatic N) is 1. The Labute approximate surface area is 136 Å². The number of thiol groups is 1. The molecule has 1 aromatic rings. The molecule has 0 fully saturated rings. The van der Waals surface area contributed by atoms with Gasteiger partial charge in [-0.05, 0) is 13.8 Å². The van der Waals surface area contributed by atoms with E-state index in [-0.39, 0.29) is 12.0 Å². The number of carbonyl (C=O) groups is 1. The van der Waals surface area contributed by atoms with Gasteiger partial charge >= 0.3 is 0 Å². The minimum Gasteiger partial charge on any atom is -0.497 e. The molecule has 1 aliphatic heterocycles. The van der Waals surface area contributed by atoms with Crippen LogP contribution in [-0.4, -0.2) is 44.9 Å². The first-order valence-corrected chi connectivity index (χ1v) is 7.62. The molecule has 0 bridgehead atoms.